The fourth-order valence-corrected chi connectivity index (χ4v) is 4.65. The van der Waals surface area contributed by atoms with E-state index in [2.05, 4.69) is 22.5 Å². The number of benzene rings is 1. The maximum Gasteiger partial charge on any atom is 0.240 e. The minimum atomic E-state index is -0.304. The largest absolute Gasteiger partial charge is 0.456 e. The number of rotatable bonds is 6. The van der Waals surface area contributed by atoms with Crippen molar-refractivity contribution >= 4 is 5.91 Å². The molecule has 2 aromatic rings. The van der Waals surface area contributed by atoms with Gasteiger partial charge < -0.3 is 20.3 Å². The molecule has 6 nitrogen and oxygen atoms in total. The number of aromatic nitrogens is 1. The van der Waals surface area contributed by atoms with E-state index in [1.54, 1.807) is 18.3 Å². The van der Waals surface area contributed by atoms with E-state index >= 15 is 0 Å². The Kier molecular flexibility index (Phi) is 6.83. The van der Waals surface area contributed by atoms with Gasteiger partial charge in [0.05, 0.1) is 18.3 Å². The second-order valence-electron chi connectivity index (χ2n) is 8.53. The fraction of sp³-hybridized carbons (Fsp3) is 0.500. The number of hydrogen-bond donors (Lipinski definition) is 2. The summed E-state index contributed by atoms with van der Waals surface area (Å²) in [4.78, 5) is 19.7. The van der Waals surface area contributed by atoms with Gasteiger partial charge in [-0.1, -0.05) is 0 Å². The molecule has 3 heterocycles. The van der Waals surface area contributed by atoms with E-state index in [0.717, 1.165) is 44.2 Å². The molecular weight excluding hydrogens is 395 g/mol. The fourth-order valence-electron chi connectivity index (χ4n) is 4.65. The SMILES string of the molecule is CNC(C)C1CCCC(C(=O)N2CCCC2c2cncc(Oc3ccc(F)cc3)c2)N1. The van der Waals surface area contributed by atoms with Crippen LogP contribution in [-0.2, 0) is 4.79 Å². The standard InChI is InChI=1S/C24H31FN4O2/c1-16(26-2)21-5-3-6-22(28-21)24(30)29-12-4-7-23(29)17-13-20(15-27-14-17)31-19-10-8-18(25)9-11-19/h8-11,13-16,21-23,26,28H,3-7,12H2,1-2H3. The number of ether oxygens (including phenoxy) is 1. The smallest absolute Gasteiger partial charge is 0.240 e. The van der Waals surface area contributed by atoms with Crippen LogP contribution in [0.15, 0.2) is 42.7 Å². The number of carbonyl (C=O) groups excluding carboxylic acids is 1. The van der Waals surface area contributed by atoms with Crippen molar-refractivity contribution in [1.29, 1.82) is 0 Å². The number of pyridine rings is 1. The summed E-state index contributed by atoms with van der Waals surface area (Å²) in [5.41, 5.74) is 0.974. The molecule has 2 saturated heterocycles. The van der Waals surface area contributed by atoms with Gasteiger partial charge in [0.2, 0.25) is 5.91 Å². The second-order valence-corrected chi connectivity index (χ2v) is 8.53. The third-order valence-corrected chi connectivity index (χ3v) is 6.48. The third kappa shape index (κ3) is 5.05. The van der Waals surface area contributed by atoms with Gasteiger partial charge in [0.25, 0.3) is 0 Å². The average molecular weight is 427 g/mol. The molecule has 31 heavy (non-hydrogen) atoms. The molecule has 2 aliphatic heterocycles. The van der Waals surface area contributed by atoms with Crippen LogP contribution < -0.4 is 15.4 Å². The van der Waals surface area contributed by atoms with Crippen LogP contribution in [0.3, 0.4) is 0 Å². The average Bonchev–Trinajstić information content (AvgIpc) is 3.30. The summed E-state index contributed by atoms with van der Waals surface area (Å²) in [6.07, 6.45) is 8.36. The van der Waals surface area contributed by atoms with Crippen LogP contribution in [0.4, 0.5) is 4.39 Å². The predicted molar refractivity (Wildman–Crippen MR) is 117 cm³/mol. The maximum absolute atomic E-state index is 13.4. The molecule has 1 amide bonds. The van der Waals surface area contributed by atoms with Gasteiger partial charge in [-0.25, -0.2) is 4.39 Å². The van der Waals surface area contributed by atoms with Crippen LogP contribution in [0.2, 0.25) is 0 Å². The number of hydrogen-bond acceptors (Lipinski definition) is 5. The number of piperidine rings is 1. The molecule has 0 saturated carbocycles. The van der Waals surface area contributed by atoms with Gasteiger partial charge in [-0.3, -0.25) is 9.78 Å². The summed E-state index contributed by atoms with van der Waals surface area (Å²) < 4.78 is 19.0. The maximum atomic E-state index is 13.4. The van der Waals surface area contributed by atoms with Gasteiger partial charge in [0.1, 0.15) is 17.3 Å². The Labute approximate surface area is 183 Å². The van der Waals surface area contributed by atoms with Gasteiger partial charge in [-0.2, -0.15) is 0 Å². The molecule has 1 aromatic heterocycles. The molecule has 4 rings (SSSR count). The Hall–Kier alpha value is -2.51. The lowest BCUT2D eigenvalue weighted by molar-refractivity contribution is -0.135. The zero-order valence-electron chi connectivity index (χ0n) is 18.2. The van der Waals surface area contributed by atoms with Gasteiger partial charge in [-0.05, 0) is 82.0 Å². The Morgan fingerprint density at radius 1 is 1.19 bits per heavy atom. The lowest BCUT2D eigenvalue weighted by Crippen LogP contribution is -2.56. The Balaban J connectivity index is 1.46. The van der Waals surface area contributed by atoms with Gasteiger partial charge in [-0.15, -0.1) is 0 Å². The minimum Gasteiger partial charge on any atom is -0.456 e. The molecule has 7 heteroatoms. The summed E-state index contributed by atoms with van der Waals surface area (Å²) in [6.45, 7) is 2.92. The topological polar surface area (TPSA) is 66.5 Å². The highest BCUT2D eigenvalue weighted by Crippen LogP contribution is 2.35. The lowest BCUT2D eigenvalue weighted by Gasteiger charge is -2.37. The van der Waals surface area contributed by atoms with Crippen LogP contribution >= 0.6 is 0 Å². The van der Waals surface area contributed by atoms with Crippen molar-refractivity contribution in [3.05, 3.63) is 54.1 Å². The molecule has 0 radical (unpaired) electrons. The molecule has 0 bridgehead atoms. The van der Waals surface area contributed by atoms with E-state index in [4.69, 9.17) is 4.74 Å². The number of halogens is 1. The van der Waals surface area contributed by atoms with Crippen LogP contribution in [-0.4, -0.2) is 47.5 Å². The van der Waals surface area contributed by atoms with Crippen molar-refractivity contribution < 1.29 is 13.9 Å². The first-order valence-corrected chi connectivity index (χ1v) is 11.2. The summed E-state index contributed by atoms with van der Waals surface area (Å²) in [7, 11) is 1.96. The number of nitrogens with one attached hydrogen (secondary N) is 2. The van der Waals surface area contributed by atoms with E-state index < -0.39 is 0 Å². The van der Waals surface area contributed by atoms with Crippen molar-refractivity contribution in [3.8, 4) is 11.5 Å². The highest BCUT2D eigenvalue weighted by molar-refractivity contribution is 5.82. The zero-order chi connectivity index (χ0) is 21.8. The number of likely N-dealkylation sites (tertiary alicyclic amines) is 1. The lowest BCUT2D eigenvalue weighted by atomic mass is 9.93. The van der Waals surface area contributed by atoms with Gasteiger partial charge >= 0.3 is 0 Å². The predicted octanol–water partition coefficient (Wildman–Crippen LogP) is 3.80. The van der Waals surface area contributed by atoms with Gasteiger partial charge in [0, 0.05) is 24.8 Å². The second kappa shape index (κ2) is 9.75. The molecular formula is C24H31FN4O2. The molecule has 4 unspecified atom stereocenters. The van der Waals surface area contributed by atoms with Crippen LogP contribution in [0.25, 0.3) is 0 Å². The van der Waals surface area contributed by atoms with Crippen molar-refractivity contribution in [1.82, 2.24) is 20.5 Å². The van der Waals surface area contributed by atoms with E-state index in [0.29, 0.717) is 23.6 Å². The number of amides is 1. The zero-order valence-corrected chi connectivity index (χ0v) is 18.2. The van der Waals surface area contributed by atoms with E-state index in [1.165, 1.54) is 12.1 Å². The Morgan fingerprint density at radius 3 is 2.77 bits per heavy atom. The Bertz CT molecular complexity index is 891. The first-order valence-electron chi connectivity index (χ1n) is 11.2. The highest BCUT2D eigenvalue weighted by atomic mass is 19.1. The Morgan fingerprint density at radius 2 is 2.00 bits per heavy atom. The molecule has 2 N–H and O–H groups in total. The molecule has 0 spiro atoms. The monoisotopic (exact) mass is 426 g/mol. The van der Waals surface area contributed by atoms with Crippen molar-refractivity contribution in [3.63, 3.8) is 0 Å². The van der Waals surface area contributed by atoms with Crippen LogP contribution in [0.1, 0.15) is 50.6 Å². The number of carbonyl (C=O) groups is 1. The van der Waals surface area contributed by atoms with Crippen LogP contribution in [0, 0.1) is 5.82 Å². The summed E-state index contributed by atoms with van der Waals surface area (Å²) in [6, 6.07) is 8.34. The third-order valence-electron chi connectivity index (χ3n) is 6.48. The quantitative estimate of drug-likeness (QED) is 0.736. The number of nitrogens with zero attached hydrogens (tertiary/aromatic N) is 2. The summed E-state index contributed by atoms with van der Waals surface area (Å²) in [5.74, 6) is 1.01. The first kappa shape index (κ1) is 21.7. The van der Waals surface area contributed by atoms with Crippen molar-refractivity contribution in [2.24, 2.45) is 0 Å². The summed E-state index contributed by atoms with van der Waals surface area (Å²) >= 11 is 0. The van der Waals surface area contributed by atoms with E-state index in [9.17, 15) is 9.18 Å². The van der Waals surface area contributed by atoms with Crippen molar-refractivity contribution in [2.75, 3.05) is 13.6 Å². The first-order chi connectivity index (χ1) is 15.0. The van der Waals surface area contributed by atoms with E-state index in [1.807, 2.05) is 24.2 Å². The van der Waals surface area contributed by atoms with E-state index in [-0.39, 0.29) is 23.8 Å². The van der Waals surface area contributed by atoms with Crippen LogP contribution in [0.5, 0.6) is 11.5 Å². The molecule has 2 aliphatic rings. The highest BCUT2D eigenvalue weighted by Gasteiger charge is 2.37. The number of likely N-dealkylation sites (N-methyl/N-ethyl adjacent to an activating group) is 1. The van der Waals surface area contributed by atoms with Crippen molar-refractivity contribution in [2.45, 2.75) is 63.2 Å². The normalized spacial score (nSPS) is 24.7. The minimum absolute atomic E-state index is 0.000618. The molecule has 166 valence electrons. The van der Waals surface area contributed by atoms with Gasteiger partial charge in [0.15, 0.2) is 0 Å². The molecule has 2 fully saturated rings. The molecule has 4 atom stereocenters. The molecule has 0 aliphatic carbocycles. The molecule has 1 aromatic carbocycles. The summed E-state index contributed by atoms with van der Waals surface area (Å²) in [5, 5.41) is 6.87.